The predicted octanol–water partition coefficient (Wildman–Crippen LogP) is 3.97. The molecule has 0 bridgehead atoms. The fourth-order valence-electron chi connectivity index (χ4n) is 4.29. The Kier molecular flexibility index (Phi) is 7.88. The number of aryl methyl sites for hydroxylation is 1. The van der Waals surface area contributed by atoms with Crippen molar-refractivity contribution >= 4 is 40.5 Å². The summed E-state index contributed by atoms with van der Waals surface area (Å²) in [5, 5.41) is 8.95. The predicted molar refractivity (Wildman–Crippen MR) is 160 cm³/mol. The number of rotatable bonds is 9. The van der Waals surface area contributed by atoms with Crippen LogP contribution < -0.4 is 21.7 Å². The highest BCUT2D eigenvalue weighted by Crippen LogP contribution is 2.25. The summed E-state index contributed by atoms with van der Waals surface area (Å²) >= 11 is 0. The fourth-order valence-corrected chi connectivity index (χ4v) is 4.29. The summed E-state index contributed by atoms with van der Waals surface area (Å²) in [4.78, 5) is 41.1. The molecule has 0 saturated heterocycles. The highest BCUT2D eigenvalue weighted by molar-refractivity contribution is 6.05. The normalized spacial score (nSPS) is 11.0. The van der Waals surface area contributed by atoms with E-state index < -0.39 is 0 Å². The standard InChI is InChI=1S/C30H31N9O2/c1-19-27(39-18-21(10-13-26(39)34-19)28(40)32-16-17-38(2)3)25-14-15-33-30(37-25)35-22-11-8-20(9-12-22)29(41)36-24-7-5-4-6-23(24)31/h4-15,18H,16-17,31H2,1-3H3,(H,32,40)(H,36,41)(H,33,35,37). The SMILES string of the molecule is Cc1nc2ccc(C(=O)NCCN(C)C)cn2c1-c1ccnc(Nc2ccc(C(=O)Nc3ccccc3N)cc2)n1. The van der Waals surface area contributed by atoms with E-state index in [9.17, 15) is 9.59 Å². The number of imidazole rings is 1. The van der Waals surface area contributed by atoms with Crippen LogP contribution in [0.3, 0.4) is 0 Å². The van der Waals surface area contributed by atoms with Gasteiger partial charge in [-0.3, -0.25) is 14.0 Å². The molecule has 0 unspecified atom stereocenters. The molecule has 0 atom stereocenters. The topological polar surface area (TPSA) is 143 Å². The number of carbonyl (C=O) groups excluding carboxylic acids is 2. The smallest absolute Gasteiger partial charge is 0.255 e. The number of carbonyl (C=O) groups is 2. The van der Waals surface area contributed by atoms with E-state index in [2.05, 4.69) is 25.9 Å². The van der Waals surface area contributed by atoms with Crippen LogP contribution in [0.4, 0.5) is 23.0 Å². The molecule has 0 aliphatic heterocycles. The number of nitrogen functional groups attached to an aromatic ring is 1. The van der Waals surface area contributed by atoms with E-state index in [4.69, 9.17) is 10.7 Å². The zero-order chi connectivity index (χ0) is 28.9. The van der Waals surface area contributed by atoms with Gasteiger partial charge in [0, 0.05) is 36.7 Å². The second-order valence-corrected chi connectivity index (χ2v) is 9.76. The molecule has 11 heteroatoms. The fraction of sp³-hybridized carbons (Fsp3) is 0.167. The van der Waals surface area contributed by atoms with Crippen molar-refractivity contribution in [1.82, 2.24) is 29.6 Å². The summed E-state index contributed by atoms with van der Waals surface area (Å²) in [6.07, 6.45) is 3.44. The van der Waals surface area contributed by atoms with Crippen LogP contribution in [-0.4, -0.2) is 63.3 Å². The first-order chi connectivity index (χ1) is 19.8. The van der Waals surface area contributed by atoms with Gasteiger partial charge in [-0.05, 0) is 75.6 Å². The molecule has 3 aromatic heterocycles. The third-order valence-corrected chi connectivity index (χ3v) is 6.41. The molecule has 5 N–H and O–H groups in total. The maximum atomic E-state index is 12.7. The number of fused-ring (bicyclic) bond motifs is 1. The molecule has 0 aliphatic rings. The highest BCUT2D eigenvalue weighted by atomic mass is 16.2. The van der Waals surface area contributed by atoms with Gasteiger partial charge in [-0.25, -0.2) is 15.0 Å². The Labute approximate surface area is 237 Å². The van der Waals surface area contributed by atoms with Gasteiger partial charge in [-0.2, -0.15) is 0 Å². The second kappa shape index (κ2) is 11.8. The molecule has 2 amide bonds. The van der Waals surface area contributed by atoms with Crippen LogP contribution in [0, 0.1) is 6.92 Å². The maximum absolute atomic E-state index is 12.7. The summed E-state index contributed by atoms with van der Waals surface area (Å²) < 4.78 is 1.87. The molecule has 11 nitrogen and oxygen atoms in total. The molecule has 208 valence electrons. The van der Waals surface area contributed by atoms with Crippen molar-refractivity contribution in [3.05, 3.63) is 95.9 Å². The van der Waals surface area contributed by atoms with Gasteiger partial charge < -0.3 is 26.6 Å². The molecular weight excluding hydrogens is 518 g/mol. The van der Waals surface area contributed by atoms with Crippen LogP contribution >= 0.6 is 0 Å². The minimum atomic E-state index is -0.262. The van der Waals surface area contributed by atoms with Gasteiger partial charge >= 0.3 is 0 Å². The van der Waals surface area contributed by atoms with Gasteiger partial charge in [0.25, 0.3) is 11.8 Å². The Morgan fingerprint density at radius 1 is 0.927 bits per heavy atom. The van der Waals surface area contributed by atoms with E-state index in [-0.39, 0.29) is 11.8 Å². The Bertz CT molecular complexity index is 1710. The molecule has 0 saturated carbocycles. The van der Waals surface area contributed by atoms with Gasteiger partial charge in [0.1, 0.15) is 5.65 Å². The van der Waals surface area contributed by atoms with Crippen LogP contribution in [0.5, 0.6) is 0 Å². The third-order valence-electron chi connectivity index (χ3n) is 6.41. The van der Waals surface area contributed by atoms with Gasteiger partial charge in [0.15, 0.2) is 0 Å². The number of aromatic nitrogens is 4. The lowest BCUT2D eigenvalue weighted by Crippen LogP contribution is -2.31. The Hall–Kier alpha value is -5.29. The summed E-state index contributed by atoms with van der Waals surface area (Å²) in [6, 6.07) is 19.5. The number of anilines is 4. The summed E-state index contributed by atoms with van der Waals surface area (Å²) in [5.74, 6) is -0.0364. The quantitative estimate of drug-likeness (QED) is 0.202. The third kappa shape index (κ3) is 6.31. The molecular formula is C30H31N9O2. The zero-order valence-corrected chi connectivity index (χ0v) is 23.0. The van der Waals surface area contributed by atoms with E-state index >= 15 is 0 Å². The van der Waals surface area contributed by atoms with E-state index in [0.717, 1.165) is 17.9 Å². The number of nitrogens with one attached hydrogen (secondary N) is 3. The van der Waals surface area contributed by atoms with Crippen LogP contribution in [0.25, 0.3) is 17.0 Å². The number of benzene rings is 2. The minimum absolute atomic E-state index is 0.152. The van der Waals surface area contributed by atoms with Crippen molar-refractivity contribution in [3.63, 3.8) is 0 Å². The zero-order valence-electron chi connectivity index (χ0n) is 23.0. The van der Waals surface area contributed by atoms with E-state index in [0.29, 0.717) is 52.0 Å². The number of nitrogens with zero attached hydrogens (tertiary/aromatic N) is 5. The maximum Gasteiger partial charge on any atom is 0.255 e. The van der Waals surface area contributed by atoms with Gasteiger partial charge in [0.2, 0.25) is 5.95 Å². The average molecular weight is 550 g/mol. The van der Waals surface area contributed by atoms with Crippen molar-refractivity contribution in [2.24, 2.45) is 0 Å². The number of nitrogens with two attached hydrogens (primary N) is 1. The first-order valence-corrected chi connectivity index (χ1v) is 13.1. The lowest BCUT2D eigenvalue weighted by atomic mass is 10.2. The Morgan fingerprint density at radius 3 is 2.44 bits per heavy atom. The van der Waals surface area contributed by atoms with Crippen molar-refractivity contribution < 1.29 is 9.59 Å². The number of pyridine rings is 1. The molecule has 3 heterocycles. The van der Waals surface area contributed by atoms with Crippen molar-refractivity contribution in [3.8, 4) is 11.4 Å². The number of hydrogen-bond acceptors (Lipinski definition) is 8. The average Bonchev–Trinajstić information content (AvgIpc) is 3.29. The van der Waals surface area contributed by atoms with Gasteiger partial charge in [-0.1, -0.05) is 12.1 Å². The first-order valence-electron chi connectivity index (χ1n) is 13.1. The number of likely N-dealkylation sites (N-methyl/N-ethyl adjacent to an activating group) is 1. The summed E-state index contributed by atoms with van der Waals surface area (Å²) in [7, 11) is 3.92. The van der Waals surface area contributed by atoms with Crippen LogP contribution in [0.15, 0.2) is 79.1 Å². The van der Waals surface area contributed by atoms with Crippen LogP contribution in [-0.2, 0) is 0 Å². The van der Waals surface area contributed by atoms with Crippen molar-refractivity contribution in [2.75, 3.05) is 43.6 Å². The lowest BCUT2D eigenvalue weighted by Gasteiger charge is -2.11. The number of amides is 2. The number of hydrogen-bond donors (Lipinski definition) is 4. The van der Waals surface area contributed by atoms with Crippen molar-refractivity contribution in [2.45, 2.75) is 6.92 Å². The highest BCUT2D eigenvalue weighted by Gasteiger charge is 2.16. The first kappa shape index (κ1) is 27.3. The Balaban J connectivity index is 1.33. The molecule has 2 aromatic carbocycles. The molecule has 0 spiro atoms. The van der Waals surface area contributed by atoms with E-state index in [1.807, 2.05) is 48.5 Å². The van der Waals surface area contributed by atoms with Crippen LogP contribution in [0.2, 0.25) is 0 Å². The van der Waals surface area contributed by atoms with E-state index in [1.165, 1.54) is 0 Å². The van der Waals surface area contributed by atoms with Crippen LogP contribution in [0.1, 0.15) is 26.4 Å². The number of para-hydroxylation sites is 2. The minimum Gasteiger partial charge on any atom is -0.397 e. The van der Waals surface area contributed by atoms with Gasteiger partial charge in [0.05, 0.1) is 34.0 Å². The van der Waals surface area contributed by atoms with E-state index in [1.54, 1.807) is 60.9 Å². The molecule has 0 radical (unpaired) electrons. The molecule has 5 rings (SSSR count). The van der Waals surface area contributed by atoms with Crippen molar-refractivity contribution in [1.29, 1.82) is 0 Å². The molecule has 0 fully saturated rings. The monoisotopic (exact) mass is 549 g/mol. The molecule has 41 heavy (non-hydrogen) atoms. The molecule has 0 aliphatic carbocycles. The Morgan fingerprint density at radius 2 is 1.68 bits per heavy atom. The molecule has 5 aromatic rings. The second-order valence-electron chi connectivity index (χ2n) is 9.76. The largest absolute Gasteiger partial charge is 0.397 e. The van der Waals surface area contributed by atoms with Gasteiger partial charge in [-0.15, -0.1) is 0 Å². The summed E-state index contributed by atoms with van der Waals surface area (Å²) in [5.41, 5.74) is 11.6. The lowest BCUT2D eigenvalue weighted by molar-refractivity contribution is 0.0949. The summed E-state index contributed by atoms with van der Waals surface area (Å²) in [6.45, 7) is 3.20.